The van der Waals surface area contributed by atoms with Crippen molar-refractivity contribution in [2.75, 3.05) is 0 Å². The third-order valence-electron chi connectivity index (χ3n) is 2.34. The Bertz CT molecular complexity index is 453. The van der Waals surface area contributed by atoms with Gasteiger partial charge in [0.25, 0.3) is 0 Å². The summed E-state index contributed by atoms with van der Waals surface area (Å²) in [7, 11) is 0. The van der Waals surface area contributed by atoms with Gasteiger partial charge in [0, 0.05) is 18.0 Å². The number of nitrogens with zero attached hydrogens (tertiary/aromatic N) is 2. The minimum absolute atomic E-state index is 0.981. The molecule has 0 bridgehead atoms. The second-order valence-corrected chi connectivity index (χ2v) is 3.18. The van der Waals surface area contributed by atoms with E-state index in [-0.39, 0.29) is 0 Å². The maximum absolute atomic E-state index is 4.34. The van der Waals surface area contributed by atoms with Gasteiger partial charge < -0.3 is 0 Å². The maximum Gasteiger partial charge on any atom is 0.0961 e. The molecule has 2 aliphatic rings. The van der Waals surface area contributed by atoms with E-state index in [9.17, 15) is 0 Å². The van der Waals surface area contributed by atoms with Crippen molar-refractivity contribution in [3.63, 3.8) is 0 Å². The first-order chi connectivity index (χ1) is 6.45. The van der Waals surface area contributed by atoms with Gasteiger partial charge >= 0.3 is 0 Å². The molecule has 1 aliphatic heterocycles. The summed E-state index contributed by atoms with van der Waals surface area (Å²) in [6.07, 6.45) is 8.90. The van der Waals surface area contributed by atoms with E-state index in [0.717, 1.165) is 17.8 Å². The number of pyridine rings is 1. The molecule has 2 heterocycles. The molecule has 0 spiro atoms. The summed E-state index contributed by atoms with van der Waals surface area (Å²) in [5.74, 6) is 0. The van der Waals surface area contributed by atoms with Crippen molar-refractivity contribution in [2.24, 2.45) is 4.99 Å². The topological polar surface area (TPSA) is 25.2 Å². The fourth-order valence-electron chi connectivity index (χ4n) is 1.75. The largest absolute Gasteiger partial charge is 0.255 e. The van der Waals surface area contributed by atoms with Crippen LogP contribution in [0.15, 0.2) is 41.2 Å². The average molecular weight is 168 g/mol. The molecule has 1 aromatic heterocycles. The molecule has 0 unspecified atom stereocenters. The smallest absolute Gasteiger partial charge is 0.0961 e. The van der Waals surface area contributed by atoms with E-state index in [1.54, 1.807) is 0 Å². The van der Waals surface area contributed by atoms with Crippen LogP contribution in [0.2, 0.25) is 0 Å². The minimum Gasteiger partial charge on any atom is -0.255 e. The Morgan fingerprint density at radius 2 is 2.31 bits per heavy atom. The van der Waals surface area contributed by atoms with E-state index in [0.29, 0.717) is 0 Å². The van der Waals surface area contributed by atoms with Gasteiger partial charge in [-0.2, -0.15) is 0 Å². The summed E-state index contributed by atoms with van der Waals surface area (Å²) < 4.78 is 0. The molecule has 62 valence electrons. The van der Waals surface area contributed by atoms with Crippen molar-refractivity contribution in [1.82, 2.24) is 4.98 Å². The molecule has 1 aromatic rings. The van der Waals surface area contributed by atoms with Crippen LogP contribution < -0.4 is 0 Å². The molecule has 0 fully saturated rings. The van der Waals surface area contributed by atoms with Crippen LogP contribution in [0.25, 0.3) is 6.08 Å². The van der Waals surface area contributed by atoms with Crippen LogP contribution >= 0.6 is 0 Å². The lowest BCUT2D eigenvalue weighted by molar-refractivity contribution is 1.24. The highest BCUT2D eigenvalue weighted by molar-refractivity contribution is 6.20. The molecule has 0 N–H and O–H groups in total. The lowest BCUT2D eigenvalue weighted by Gasteiger charge is -2.04. The lowest BCUT2D eigenvalue weighted by Crippen LogP contribution is -2.04. The summed E-state index contributed by atoms with van der Waals surface area (Å²) in [5, 5.41) is 0. The highest BCUT2D eigenvalue weighted by Crippen LogP contribution is 2.27. The van der Waals surface area contributed by atoms with Crippen molar-refractivity contribution < 1.29 is 0 Å². The van der Waals surface area contributed by atoms with Gasteiger partial charge in [0.05, 0.1) is 11.4 Å². The molecular weight excluding hydrogens is 160 g/mol. The van der Waals surface area contributed by atoms with Crippen molar-refractivity contribution in [3.8, 4) is 0 Å². The number of hydrogen-bond acceptors (Lipinski definition) is 2. The van der Waals surface area contributed by atoms with Crippen molar-refractivity contribution in [1.29, 1.82) is 0 Å². The summed E-state index contributed by atoms with van der Waals surface area (Å²) in [5.41, 5.74) is 4.57. The fraction of sp³-hybridized carbons (Fsp3) is 0.0909. The van der Waals surface area contributed by atoms with E-state index in [4.69, 9.17) is 0 Å². The van der Waals surface area contributed by atoms with Gasteiger partial charge in [-0.15, -0.1) is 0 Å². The molecule has 3 rings (SSSR count). The molecule has 0 aromatic carbocycles. The number of allylic oxidation sites excluding steroid dienone is 2. The van der Waals surface area contributed by atoms with Gasteiger partial charge in [-0.1, -0.05) is 12.1 Å². The van der Waals surface area contributed by atoms with E-state index >= 15 is 0 Å². The van der Waals surface area contributed by atoms with Crippen LogP contribution in [0, 0.1) is 0 Å². The average Bonchev–Trinajstić information content (AvgIpc) is 2.56. The summed E-state index contributed by atoms with van der Waals surface area (Å²) >= 11 is 0. The third-order valence-corrected chi connectivity index (χ3v) is 2.34. The molecule has 2 nitrogen and oxygen atoms in total. The molecule has 0 amide bonds. The second kappa shape index (κ2) is 2.39. The molecule has 0 radical (unpaired) electrons. The Balaban J connectivity index is 2.26. The molecule has 2 heteroatoms. The van der Waals surface area contributed by atoms with Crippen LogP contribution in [0.3, 0.4) is 0 Å². The predicted octanol–water partition coefficient (Wildman–Crippen LogP) is 2.19. The summed E-state index contributed by atoms with van der Waals surface area (Å²) in [6.45, 7) is 0. The maximum atomic E-state index is 4.34. The minimum atomic E-state index is 0.981. The second-order valence-electron chi connectivity index (χ2n) is 3.18. The number of aromatic nitrogens is 1. The van der Waals surface area contributed by atoms with Crippen molar-refractivity contribution >= 4 is 11.8 Å². The molecule has 13 heavy (non-hydrogen) atoms. The van der Waals surface area contributed by atoms with Crippen LogP contribution in [0.4, 0.5) is 0 Å². The van der Waals surface area contributed by atoms with Gasteiger partial charge in [-0.25, -0.2) is 0 Å². The fourth-order valence-corrected chi connectivity index (χ4v) is 1.75. The normalized spacial score (nSPS) is 17.5. The molecular formula is C11H8N2. The zero-order valence-electron chi connectivity index (χ0n) is 7.07. The van der Waals surface area contributed by atoms with Crippen LogP contribution in [0.5, 0.6) is 0 Å². The van der Waals surface area contributed by atoms with Crippen LogP contribution in [0.1, 0.15) is 17.7 Å². The van der Waals surface area contributed by atoms with Gasteiger partial charge in [0.2, 0.25) is 0 Å². The molecule has 0 atom stereocenters. The Morgan fingerprint density at radius 3 is 3.31 bits per heavy atom. The van der Waals surface area contributed by atoms with E-state index < -0.39 is 0 Å². The molecule has 0 saturated carbocycles. The highest BCUT2D eigenvalue weighted by atomic mass is 14.8. The lowest BCUT2D eigenvalue weighted by atomic mass is 10.1. The third kappa shape index (κ3) is 0.886. The first kappa shape index (κ1) is 6.78. The number of rotatable bonds is 0. The number of fused-ring (bicyclic) bond motifs is 3. The van der Waals surface area contributed by atoms with Gasteiger partial charge in [0.1, 0.15) is 0 Å². The quantitative estimate of drug-likeness (QED) is 0.583. The van der Waals surface area contributed by atoms with Crippen molar-refractivity contribution in [2.45, 2.75) is 6.42 Å². The summed E-state index contributed by atoms with van der Waals surface area (Å²) in [6, 6.07) is 4.04. The number of aliphatic imine (C=N–C) groups is 1. The standard InChI is InChI=1S/C11H8N2/c1-3-8-7-9-4-2-6-13-11(9)10(8)12-5-1/h1-3,5-7H,4H2. The zero-order chi connectivity index (χ0) is 8.67. The molecule has 1 aliphatic carbocycles. The Hall–Kier alpha value is -1.70. The Morgan fingerprint density at radius 1 is 1.31 bits per heavy atom. The monoisotopic (exact) mass is 168 g/mol. The van der Waals surface area contributed by atoms with Gasteiger partial charge in [-0.05, 0) is 24.1 Å². The van der Waals surface area contributed by atoms with Crippen molar-refractivity contribution in [3.05, 3.63) is 47.4 Å². The Kier molecular flexibility index (Phi) is 1.25. The Labute approximate surface area is 76.3 Å². The first-order valence-corrected chi connectivity index (χ1v) is 4.34. The highest BCUT2D eigenvalue weighted by Gasteiger charge is 2.21. The SMILES string of the molecule is C1=CN=C2C(=Cc3cccnc32)C1. The summed E-state index contributed by atoms with van der Waals surface area (Å²) in [4.78, 5) is 8.66. The van der Waals surface area contributed by atoms with Gasteiger partial charge in [0.15, 0.2) is 0 Å². The first-order valence-electron chi connectivity index (χ1n) is 4.34. The number of hydrogen-bond donors (Lipinski definition) is 0. The van der Waals surface area contributed by atoms with E-state index in [1.807, 2.05) is 18.5 Å². The molecule has 0 saturated heterocycles. The van der Waals surface area contributed by atoms with Crippen LogP contribution in [-0.4, -0.2) is 10.7 Å². The predicted molar refractivity (Wildman–Crippen MR) is 52.5 cm³/mol. The zero-order valence-corrected chi connectivity index (χ0v) is 7.07. The van der Waals surface area contributed by atoms with Gasteiger partial charge in [-0.3, -0.25) is 9.98 Å². The van der Waals surface area contributed by atoms with E-state index in [2.05, 4.69) is 28.2 Å². The van der Waals surface area contributed by atoms with E-state index in [1.165, 1.54) is 11.1 Å². The van der Waals surface area contributed by atoms with Crippen LogP contribution in [-0.2, 0) is 0 Å².